The lowest BCUT2D eigenvalue weighted by Crippen LogP contribution is -2.05. The summed E-state index contributed by atoms with van der Waals surface area (Å²) in [5.41, 5.74) is 0.0950. The molecule has 5 heteroatoms. The van der Waals surface area contributed by atoms with E-state index in [0.717, 1.165) is 0 Å². The second kappa shape index (κ2) is 6.61. The number of hydrogen-bond donors (Lipinski definition) is 2. The van der Waals surface area contributed by atoms with Crippen molar-refractivity contribution in [2.45, 2.75) is 24.3 Å². The third kappa shape index (κ3) is 4.02. The van der Waals surface area contributed by atoms with Gasteiger partial charge in [0.1, 0.15) is 5.82 Å². The molecule has 0 heterocycles. The van der Waals surface area contributed by atoms with Gasteiger partial charge in [-0.15, -0.1) is 0 Å². The van der Waals surface area contributed by atoms with Crippen molar-refractivity contribution in [3.05, 3.63) is 35.1 Å². The zero-order chi connectivity index (χ0) is 12.8. The van der Waals surface area contributed by atoms with E-state index in [9.17, 15) is 9.18 Å². The number of benzene rings is 1. The molecule has 0 spiro atoms. The summed E-state index contributed by atoms with van der Waals surface area (Å²) in [5.74, 6) is -1.50. The molecular formula is C12H15FO3S. The van der Waals surface area contributed by atoms with Crippen LogP contribution in [-0.4, -0.2) is 28.0 Å². The van der Waals surface area contributed by atoms with Crippen LogP contribution in [0.1, 0.15) is 29.3 Å². The summed E-state index contributed by atoms with van der Waals surface area (Å²) in [6.45, 7) is 2.05. The predicted octanol–water partition coefficient (Wildman–Crippen LogP) is 2.53. The van der Waals surface area contributed by atoms with Crippen LogP contribution in [0.25, 0.3) is 0 Å². The van der Waals surface area contributed by atoms with Crippen molar-refractivity contribution in [3.8, 4) is 0 Å². The summed E-state index contributed by atoms with van der Waals surface area (Å²) in [6.07, 6.45) is 0.644. The van der Waals surface area contributed by atoms with E-state index in [2.05, 4.69) is 0 Å². The molecule has 0 saturated carbocycles. The number of aliphatic hydroxyl groups is 1. The molecule has 1 atom stereocenters. The summed E-state index contributed by atoms with van der Waals surface area (Å²) in [4.78, 5) is 10.7. The molecule has 0 aliphatic carbocycles. The minimum absolute atomic E-state index is 0.103. The number of carboxylic acids is 1. The number of aliphatic hydroxyl groups excluding tert-OH is 1. The number of rotatable bonds is 6. The van der Waals surface area contributed by atoms with Crippen LogP contribution >= 0.6 is 11.8 Å². The molecule has 2 N–H and O–H groups in total. The topological polar surface area (TPSA) is 57.5 Å². The Balaban J connectivity index is 2.72. The number of carboxylic acid groups (broad SMARTS) is 1. The smallest absolute Gasteiger partial charge is 0.338 e. The van der Waals surface area contributed by atoms with Gasteiger partial charge >= 0.3 is 5.97 Å². The Bertz CT molecular complexity index is 395. The largest absolute Gasteiger partial charge is 0.478 e. The maximum absolute atomic E-state index is 13.7. The van der Waals surface area contributed by atoms with E-state index >= 15 is 0 Å². The zero-order valence-electron chi connectivity index (χ0n) is 9.52. The minimum atomic E-state index is -1.25. The van der Waals surface area contributed by atoms with Gasteiger partial charge in [0.25, 0.3) is 0 Å². The Labute approximate surface area is 104 Å². The monoisotopic (exact) mass is 258 g/mol. The van der Waals surface area contributed by atoms with E-state index in [1.54, 1.807) is 12.1 Å². The van der Waals surface area contributed by atoms with Crippen molar-refractivity contribution in [2.24, 2.45) is 0 Å². The zero-order valence-corrected chi connectivity index (χ0v) is 10.3. The number of hydrogen-bond acceptors (Lipinski definition) is 3. The van der Waals surface area contributed by atoms with Crippen LogP contribution in [-0.2, 0) is 5.75 Å². The van der Waals surface area contributed by atoms with Crippen LogP contribution in [0.15, 0.2) is 18.2 Å². The van der Waals surface area contributed by atoms with E-state index in [0.29, 0.717) is 17.7 Å². The van der Waals surface area contributed by atoms with Crippen LogP contribution in [0.4, 0.5) is 4.39 Å². The van der Waals surface area contributed by atoms with Crippen LogP contribution in [0.5, 0.6) is 0 Å². The van der Waals surface area contributed by atoms with Crippen LogP contribution < -0.4 is 0 Å². The second-order valence-electron chi connectivity index (χ2n) is 3.72. The maximum atomic E-state index is 13.7. The minimum Gasteiger partial charge on any atom is -0.478 e. The Morgan fingerprint density at radius 3 is 2.82 bits per heavy atom. The van der Waals surface area contributed by atoms with Gasteiger partial charge in [0.2, 0.25) is 0 Å². The normalized spacial score (nSPS) is 12.4. The molecule has 0 amide bonds. The van der Waals surface area contributed by atoms with Crippen LogP contribution in [0.2, 0.25) is 0 Å². The van der Waals surface area contributed by atoms with Gasteiger partial charge in [-0.3, -0.25) is 0 Å². The van der Waals surface area contributed by atoms with E-state index in [-0.39, 0.29) is 17.4 Å². The van der Waals surface area contributed by atoms with Crippen molar-refractivity contribution >= 4 is 17.7 Å². The highest BCUT2D eigenvalue weighted by atomic mass is 32.2. The van der Waals surface area contributed by atoms with Gasteiger partial charge in [0.15, 0.2) is 0 Å². The highest BCUT2D eigenvalue weighted by Crippen LogP contribution is 2.23. The summed E-state index contributed by atoms with van der Waals surface area (Å²) in [7, 11) is 0. The van der Waals surface area contributed by atoms with Gasteiger partial charge in [0.05, 0.1) is 5.56 Å². The molecule has 1 unspecified atom stereocenters. The van der Waals surface area contributed by atoms with Crippen molar-refractivity contribution in [1.29, 1.82) is 0 Å². The first-order chi connectivity index (χ1) is 8.06. The van der Waals surface area contributed by atoms with Crippen molar-refractivity contribution in [2.75, 3.05) is 6.61 Å². The highest BCUT2D eigenvalue weighted by Gasteiger charge is 2.14. The second-order valence-corrected chi connectivity index (χ2v) is 5.14. The predicted molar refractivity (Wildman–Crippen MR) is 65.8 cm³/mol. The van der Waals surface area contributed by atoms with Crippen molar-refractivity contribution < 1.29 is 19.4 Å². The third-order valence-corrected chi connectivity index (χ3v) is 3.65. The van der Waals surface area contributed by atoms with Crippen molar-refractivity contribution in [1.82, 2.24) is 0 Å². The molecule has 1 aromatic carbocycles. The lowest BCUT2D eigenvalue weighted by atomic mass is 10.1. The molecule has 0 aliphatic heterocycles. The number of halogens is 1. The lowest BCUT2D eigenvalue weighted by molar-refractivity contribution is 0.0691. The first-order valence-electron chi connectivity index (χ1n) is 5.29. The molecule has 17 heavy (non-hydrogen) atoms. The summed E-state index contributed by atoms with van der Waals surface area (Å²) < 4.78 is 13.7. The van der Waals surface area contributed by atoms with Gasteiger partial charge in [-0.2, -0.15) is 11.8 Å². The first-order valence-corrected chi connectivity index (χ1v) is 6.34. The van der Waals surface area contributed by atoms with Gasteiger partial charge < -0.3 is 10.2 Å². The fourth-order valence-electron chi connectivity index (χ4n) is 1.35. The van der Waals surface area contributed by atoms with E-state index < -0.39 is 11.8 Å². The molecule has 0 radical (unpaired) electrons. The van der Waals surface area contributed by atoms with Gasteiger partial charge in [0, 0.05) is 17.6 Å². The average Bonchev–Trinajstić information content (AvgIpc) is 2.27. The molecule has 0 bridgehead atoms. The van der Waals surface area contributed by atoms with Gasteiger partial charge in [-0.05, 0) is 18.1 Å². The molecule has 0 aromatic heterocycles. The molecule has 0 fully saturated rings. The first kappa shape index (κ1) is 14.0. The van der Waals surface area contributed by atoms with Crippen LogP contribution in [0.3, 0.4) is 0 Å². The maximum Gasteiger partial charge on any atom is 0.338 e. The molecule has 94 valence electrons. The highest BCUT2D eigenvalue weighted by molar-refractivity contribution is 7.99. The Kier molecular flexibility index (Phi) is 5.44. The summed E-state index contributed by atoms with van der Waals surface area (Å²) in [6, 6.07) is 4.38. The molecule has 1 aromatic rings. The fourth-order valence-corrected chi connectivity index (χ4v) is 2.31. The SMILES string of the molecule is CC(CCO)SCc1cccc(C(=O)O)c1F. The van der Waals surface area contributed by atoms with Crippen LogP contribution in [0, 0.1) is 5.82 Å². The number of aromatic carboxylic acids is 1. The lowest BCUT2D eigenvalue weighted by Gasteiger charge is -2.10. The molecule has 3 nitrogen and oxygen atoms in total. The molecule has 1 rings (SSSR count). The Morgan fingerprint density at radius 2 is 2.24 bits per heavy atom. The molecule has 0 aliphatic rings. The Hall–Kier alpha value is -1.07. The van der Waals surface area contributed by atoms with Gasteiger partial charge in [-0.1, -0.05) is 19.1 Å². The Morgan fingerprint density at radius 1 is 1.53 bits per heavy atom. The van der Waals surface area contributed by atoms with Crippen molar-refractivity contribution in [3.63, 3.8) is 0 Å². The standard InChI is InChI=1S/C12H15FO3S/c1-8(5-6-14)17-7-9-3-2-4-10(11(9)13)12(15)16/h2-4,8,14H,5-7H2,1H3,(H,15,16). The fraction of sp³-hybridized carbons (Fsp3) is 0.417. The quantitative estimate of drug-likeness (QED) is 0.823. The summed E-state index contributed by atoms with van der Waals surface area (Å²) >= 11 is 1.50. The average molecular weight is 258 g/mol. The number of thioether (sulfide) groups is 1. The van der Waals surface area contributed by atoms with Gasteiger partial charge in [-0.25, -0.2) is 9.18 Å². The number of carbonyl (C=O) groups is 1. The van der Waals surface area contributed by atoms with E-state index in [4.69, 9.17) is 10.2 Å². The molecular weight excluding hydrogens is 243 g/mol. The van der Waals surface area contributed by atoms with E-state index in [1.807, 2.05) is 6.92 Å². The third-order valence-electron chi connectivity index (χ3n) is 2.37. The van der Waals surface area contributed by atoms with E-state index in [1.165, 1.54) is 17.8 Å². The molecule has 0 saturated heterocycles. The summed E-state index contributed by atoms with van der Waals surface area (Å²) in [5, 5.41) is 17.7.